The van der Waals surface area contributed by atoms with Gasteiger partial charge in [0, 0.05) is 18.3 Å². The van der Waals surface area contributed by atoms with Crippen LogP contribution < -0.4 is 0 Å². The first kappa shape index (κ1) is 11.6. The van der Waals surface area contributed by atoms with Crippen LogP contribution in [0.1, 0.15) is 33.1 Å². The van der Waals surface area contributed by atoms with Gasteiger partial charge >= 0.3 is 0 Å². The normalized spacial score (nSPS) is 10.6. The van der Waals surface area contributed by atoms with Crippen LogP contribution >= 0.6 is 0 Å². The fourth-order valence-corrected chi connectivity index (χ4v) is 1.83. The van der Waals surface area contributed by atoms with Gasteiger partial charge in [0.2, 0.25) is 5.78 Å². The molecule has 1 aromatic carbocycles. The Morgan fingerprint density at radius 1 is 1.24 bits per heavy atom. The average molecular weight is 228 g/mol. The fourth-order valence-electron chi connectivity index (χ4n) is 1.83. The lowest BCUT2D eigenvalue weighted by molar-refractivity contribution is 0.102. The molecule has 0 amide bonds. The third kappa shape index (κ3) is 2.00. The Hall–Kier alpha value is -1.90. The second-order valence-electron chi connectivity index (χ2n) is 4.36. The fraction of sp³-hybridized carbons (Fsp3) is 0.286. The summed E-state index contributed by atoms with van der Waals surface area (Å²) in [5.74, 6) is 0.484. The van der Waals surface area contributed by atoms with Crippen LogP contribution in [0.2, 0.25) is 0 Å². The minimum Gasteiger partial charge on any atom is -0.328 e. The number of carbonyl (C=O) groups is 1. The highest BCUT2D eigenvalue weighted by atomic mass is 16.1. The van der Waals surface area contributed by atoms with Crippen molar-refractivity contribution in [3.8, 4) is 0 Å². The standard InChI is InChI=1S/C14H16N2O/c1-9-6-5-7-12(8-9)13(17)14-15-10(2)11(3)16(14)4/h5-8H,1-4H3. The molecule has 0 aliphatic heterocycles. The molecule has 17 heavy (non-hydrogen) atoms. The third-order valence-corrected chi connectivity index (χ3v) is 3.10. The van der Waals surface area contributed by atoms with Crippen LogP contribution in [0.25, 0.3) is 0 Å². The van der Waals surface area contributed by atoms with Crippen LogP contribution in [-0.4, -0.2) is 15.3 Å². The molecule has 0 aliphatic rings. The molecule has 2 aromatic rings. The third-order valence-electron chi connectivity index (χ3n) is 3.10. The van der Waals surface area contributed by atoms with E-state index in [4.69, 9.17) is 0 Å². The van der Waals surface area contributed by atoms with E-state index in [9.17, 15) is 4.79 Å². The van der Waals surface area contributed by atoms with Crippen molar-refractivity contribution in [3.63, 3.8) is 0 Å². The van der Waals surface area contributed by atoms with Gasteiger partial charge < -0.3 is 4.57 Å². The van der Waals surface area contributed by atoms with Crippen molar-refractivity contribution >= 4 is 5.78 Å². The number of imidazole rings is 1. The lowest BCUT2D eigenvalue weighted by Gasteiger charge is -2.03. The van der Waals surface area contributed by atoms with Crippen molar-refractivity contribution in [2.75, 3.05) is 0 Å². The molecule has 1 heterocycles. The minimum absolute atomic E-state index is 0.0209. The molecule has 0 unspecified atom stereocenters. The van der Waals surface area contributed by atoms with Gasteiger partial charge in [-0.15, -0.1) is 0 Å². The van der Waals surface area contributed by atoms with Gasteiger partial charge in [0.05, 0.1) is 5.69 Å². The average Bonchev–Trinajstić information content (AvgIpc) is 2.56. The molecule has 2 rings (SSSR count). The largest absolute Gasteiger partial charge is 0.328 e. The molecular weight excluding hydrogens is 212 g/mol. The molecule has 0 atom stereocenters. The Morgan fingerprint density at radius 3 is 2.47 bits per heavy atom. The Balaban J connectivity index is 2.47. The van der Waals surface area contributed by atoms with Crippen LogP contribution in [0.4, 0.5) is 0 Å². The highest BCUT2D eigenvalue weighted by molar-refractivity contribution is 6.06. The predicted octanol–water partition coefficient (Wildman–Crippen LogP) is 2.58. The zero-order valence-electron chi connectivity index (χ0n) is 10.6. The van der Waals surface area contributed by atoms with E-state index < -0.39 is 0 Å². The van der Waals surface area contributed by atoms with Gasteiger partial charge in [-0.1, -0.05) is 23.8 Å². The first-order valence-electron chi connectivity index (χ1n) is 5.62. The Morgan fingerprint density at radius 2 is 1.94 bits per heavy atom. The molecule has 0 saturated carbocycles. The maximum Gasteiger partial charge on any atom is 0.228 e. The van der Waals surface area contributed by atoms with Crippen LogP contribution in [0.3, 0.4) is 0 Å². The Kier molecular flexibility index (Phi) is 2.84. The molecule has 1 aromatic heterocycles. The Labute approximate surface area is 101 Å². The first-order chi connectivity index (χ1) is 8.00. The summed E-state index contributed by atoms with van der Waals surface area (Å²) in [5.41, 5.74) is 3.71. The monoisotopic (exact) mass is 228 g/mol. The lowest BCUT2D eigenvalue weighted by atomic mass is 10.1. The molecule has 0 fully saturated rings. The van der Waals surface area contributed by atoms with Gasteiger partial charge in [0.1, 0.15) is 0 Å². The molecule has 0 bridgehead atoms. The number of aryl methyl sites for hydroxylation is 2. The summed E-state index contributed by atoms with van der Waals surface area (Å²) in [4.78, 5) is 16.6. The maximum atomic E-state index is 12.3. The van der Waals surface area contributed by atoms with Crippen molar-refractivity contribution in [2.45, 2.75) is 20.8 Å². The van der Waals surface area contributed by atoms with Gasteiger partial charge in [-0.3, -0.25) is 4.79 Å². The quantitative estimate of drug-likeness (QED) is 0.740. The van der Waals surface area contributed by atoms with Crippen molar-refractivity contribution in [1.82, 2.24) is 9.55 Å². The topological polar surface area (TPSA) is 34.9 Å². The van der Waals surface area contributed by atoms with E-state index >= 15 is 0 Å². The summed E-state index contributed by atoms with van der Waals surface area (Å²) in [6.07, 6.45) is 0. The van der Waals surface area contributed by atoms with Crippen LogP contribution in [0, 0.1) is 20.8 Å². The number of hydrogen-bond acceptors (Lipinski definition) is 2. The SMILES string of the molecule is Cc1cccc(C(=O)c2nc(C)c(C)n2C)c1. The molecule has 88 valence electrons. The van der Waals surface area contributed by atoms with Crippen LogP contribution in [0.15, 0.2) is 24.3 Å². The van der Waals surface area contributed by atoms with Gasteiger partial charge in [0.15, 0.2) is 5.82 Å². The smallest absolute Gasteiger partial charge is 0.228 e. The lowest BCUT2D eigenvalue weighted by Crippen LogP contribution is -2.09. The molecule has 0 N–H and O–H groups in total. The van der Waals surface area contributed by atoms with E-state index in [-0.39, 0.29) is 5.78 Å². The van der Waals surface area contributed by atoms with E-state index in [1.807, 2.05) is 56.7 Å². The summed E-state index contributed by atoms with van der Waals surface area (Å²) in [6.45, 7) is 5.86. The van der Waals surface area contributed by atoms with Gasteiger partial charge in [-0.2, -0.15) is 0 Å². The number of hydrogen-bond donors (Lipinski definition) is 0. The number of carbonyl (C=O) groups excluding carboxylic acids is 1. The predicted molar refractivity (Wildman–Crippen MR) is 67.3 cm³/mol. The van der Waals surface area contributed by atoms with E-state index in [0.717, 1.165) is 17.0 Å². The summed E-state index contributed by atoms with van der Waals surface area (Å²) >= 11 is 0. The number of benzene rings is 1. The number of nitrogens with zero attached hydrogens (tertiary/aromatic N) is 2. The number of aromatic nitrogens is 2. The van der Waals surface area contributed by atoms with Crippen LogP contribution in [0.5, 0.6) is 0 Å². The number of ketones is 1. The Bertz CT molecular complexity index is 582. The molecular formula is C14H16N2O. The van der Waals surface area contributed by atoms with E-state index in [1.165, 1.54) is 0 Å². The van der Waals surface area contributed by atoms with Gasteiger partial charge in [-0.25, -0.2) is 4.98 Å². The number of rotatable bonds is 2. The van der Waals surface area contributed by atoms with E-state index in [1.54, 1.807) is 0 Å². The molecule has 0 aliphatic carbocycles. The first-order valence-corrected chi connectivity index (χ1v) is 5.62. The zero-order chi connectivity index (χ0) is 12.6. The van der Waals surface area contributed by atoms with E-state index in [2.05, 4.69) is 4.98 Å². The minimum atomic E-state index is -0.0209. The van der Waals surface area contributed by atoms with Crippen LogP contribution in [-0.2, 0) is 7.05 Å². The maximum absolute atomic E-state index is 12.3. The molecule has 3 nitrogen and oxygen atoms in total. The summed E-state index contributed by atoms with van der Waals surface area (Å²) in [5, 5.41) is 0. The highest BCUT2D eigenvalue weighted by Gasteiger charge is 2.17. The van der Waals surface area contributed by atoms with E-state index in [0.29, 0.717) is 11.4 Å². The molecule has 3 heteroatoms. The zero-order valence-corrected chi connectivity index (χ0v) is 10.6. The summed E-state index contributed by atoms with van der Waals surface area (Å²) in [7, 11) is 1.87. The van der Waals surface area contributed by atoms with Crippen molar-refractivity contribution in [2.24, 2.45) is 7.05 Å². The summed E-state index contributed by atoms with van der Waals surface area (Å²) in [6, 6.07) is 7.59. The molecule has 0 radical (unpaired) electrons. The van der Waals surface area contributed by atoms with Crippen molar-refractivity contribution in [3.05, 3.63) is 52.6 Å². The second kappa shape index (κ2) is 4.17. The van der Waals surface area contributed by atoms with Gasteiger partial charge in [0.25, 0.3) is 0 Å². The van der Waals surface area contributed by atoms with Gasteiger partial charge in [-0.05, 0) is 26.8 Å². The highest BCUT2D eigenvalue weighted by Crippen LogP contribution is 2.13. The van der Waals surface area contributed by atoms with Crippen molar-refractivity contribution in [1.29, 1.82) is 0 Å². The van der Waals surface area contributed by atoms with Crippen molar-refractivity contribution < 1.29 is 4.79 Å². The summed E-state index contributed by atoms with van der Waals surface area (Å²) < 4.78 is 1.85. The molecule has 0 spiro atoms. The molecule has 0 saturated heterocycles. The second-order valence-corrected chi connectivity index (χ2v) is 4.36.